The van der Waals surface area contributed by atoms with Crippen LogP contribution in [0.1, 0.15) is 75.7 Å². The number of rotatable bonds is 4. The molecular formula is C21H29N5O. The molecule has 1 aliphatic carbocycles. The molecule has 1 amide bonds. The predicted molar refractivity (Wildman–Crippen MR) is 104 cm³/mol. The molecule has 6 nitrogen and oxygen atoms in total. The molecule has 0 radical (unpaired) electrons. The summed E-state index contributed by atoms with van der Waals surface area (Å²) in [6.07, 6.45) is 14.0. The van der Waals surface area contributed by atoms with Gasteiger partial charge in [-0.1, -0.05) is 26.7 Å². The van der Waals surface area contributed by atoms with Crippen LogP contribution in [0.5, 0.6) is 0 Å². The van der Waals surface area contributed by atoms with Gasteiger partial charge in [0.15, 0.2) is 5.82 Å². The van der Waals surface area contributed by atoms with Gasteiger partial charge in [-0.3, -0.25) is 14.3 Å². The molecule has 0 spiro atoms. The van der Waals surface area contributed by atoms with Crippen molar-refractivity contribution in [2.45, 2.75) is 64.2 Å². The van der Waals surface area contributed by atoms with Gasteiger partial charge in [-0.15, -0.1) is 0 Å². The van der Waals surface area contributed by atoms with E-state index in [1.807, 2.05) is 23.2 Å². The molecule has 6 heteroatoms. The quantitative estimate of drug-likeness (QED) is 0.827. The molecule has 144 valence electrons. The van der Waals surface area contributed by atoms with Gasteiger partial charge in [0.25, 0.3) is 0 Å². The number of amides is 1. The molecule has 0 N–H and O–H groups in total. The Labute approximate surface area is 161 Å². The lowest BCUT2D eigenvalue weighted by Gasteiger charge is -2.34. The van der Waals surface area contributed by atoms with Crippen molar-refractivity contribution in [3.05, 3.63) is 36.3 Å². The molecule has 3 heterocycles. The van der Waals surface area contributed by atoms with E-state index in [1.165, 1.54) is 12.8 Å². The number of likely N-dealkylation sites (tertiary alicyclic amines) is 1. The molecule has 0 aromatic carbocycles. The van der Waals surface area contributed by atoms with Crippen molar-refractivity contribution in [2.24, 2.45) is 5.92 Å². The first-order valence-electron chi connectivity index (χ1n) is 10.3. The molecule has 2 fully saturated rings. The van der Waals surface area contributed by atoms with Crippen LogP contribution in [-0.2, 0) is 4.79 Å². The third-order valence-corrected chi connectivity index (χ3v) is 5.93. The molecule has 2 aromatic rings. The van der Waals surface area contributed by atoms with E-state index in [-0.39, 0.29) is 11.8 Å². The summed E-state index contributed by atoms with van der Waals surface area (Å²) in [6, 6.07) is 0. The maximum absolute atomic E-state index is 12.8. The average molecular weight is 367 g/mol. The fraction of sp³-hybridized carbons (Fsp3) is 0.619. The summed E-state index contributed by atoms with van der Waals surface area (Å²) in [5.41, 5.74) is 0.986. The van der Waals surface area contributed by atoms with E-state index in [9.17, 15) is 4.79 Å². The van der Waals surface area contributed by atoms with Crippen molar-refractivity contribution in [3.63, 3.8) is 0 Å². The van der Waals surface area contributed by atoms with Crippen LogP contribution in [0.25, 0.3) is 5.82 Å². The van der Waals surface area contributed by atoms with E-state index in [0.29, 0.717) is 11.8 Å². The van der Waals surface area contributed by atoms with Crippen LogP contribution in [0.4, 0.5) is 0 Å². The minimum atomic E-state index is 0.251. The van der Waals surface area contributed by atoms with E-state index in [1.54, 1.807) is 6.20 Å². The molecule has 2 aliphatic rings. The van der Waals surface area contributed by atoms with Crippen molar-refractivity contribution in [1.29, 1.82) is 0 Å². The Morgan fingerprint density at radius 2 is 1.96 bits per heavy atom. The molecule has 1 saturated carbocycles. The van der Waals surface area contributed by atoms with Crippen molar-refractivity contribution < 1.29 is 4.79 Å². The van der Waals surface area contributed by atoms with E-state index < -0.39 is 0 Å². The molecule has 2 aromatic heterocycles. The number of aromatic nitrogens is 4. The van der Waals surface area contributed by atoms with Crippen LogP contribution in [0.3, 0.4) is 0 Å². The Kier molecular flexibility index (Phi) is 5.23. The molecule has 27 heavy (non-hydrogen) atoms. The zero-order chi connectivity index (χ0) is 18.8. The lowest BCUT2D eigenvalue weighted by molar-refractivity contribution is -0.136. The van der Waals surface area contributed by atoms with Crippen LogP contribution in [0.2, 0.25) is 0 Å². The van der Waals surface area contributed by atoms with Crippen LogP contribution >= 0.6 is 0 Å². The zero-order valence-corrected chi connectivity index (χ0v) is 16.3. The Balaban J connectivity index is 1.53. The van der Waals surface area contributed by atoms with Gasteiger partial charge in [0.2, 0.25) is 5.91 Å². The fourth-order valence-electron chi connectivity index (χ4n) is 4.47. The van der Waals surface area contributed by atoms with Crippen molar-refractivity contribution in [2.75, 3.05) is 13.1 Å². The number of hydrogen-bond acceptors (Lipinski definition) is 4. The smallest absolute Gasteiger partial charge is 0.225 e. The monoisotopic (exact) mass is 367 g/mol. The average Bonchev–Trinajstić information content (AvgIpc) is 3.39. The van der Waals surface area contributed by atoms with E-state index in [4.69, 9.17) is 4.98 Å². The van der Waals surface area contributed by atoms with Crippen molar-refractivity contribution in [3.8, 4) is 5.82 Å². The highest BCUT2D eigenvalue weighted by atomic mass is 16.2. The number of carbonyl (C=O) groups excluding carboxylic acids is 1. The third kappa shape index (κ3) is 3.75. The second-order valence-corrected chi connectivity index (χ2v) is 8.22. The Morgan fingerprint density at radius 1 is 1.15 bits per heavy atom. The largest absolute Gasteiger partial charge is 0.342 e. The van der Waals surface area contributed by atoms with Crippen LogP contribution in [-0.4, -0.2) is 43.4 Å². The summed E-state index contributed by atoms with van der Waals surface area (Å²) < 4.78 is 2.02. The predicted octanol–water partition coefficient (Wildman–Crippen LogP) is 3.68. The molecular weight excluding hydrogens is 338 g/mol. The molecule has 1 atom stereocenters. The first kappa shape index (κ1) is 18.1. The van der Waals surface area contributed by atoms with Gasteiger partial charge >= 0.3 is 0 Å². The van der Waals surface area contributed by atoms with E-state index in [0.717, 1.165) is 56.1 Å². The van der Waals surface area contributed by atoms with Gasteiger partial charge in [0.1, 0.15) is 5.82 Å². The lowest BCUT2D eigenvalue weighted by atomic mass is 9.93. The number of nitrogens with zero attached hydrogens (tertiary/aromatic N) is 5. The first-order valence-corrected chi connectivity index (χ1v) is 10.3. The summed E-state index contributed by atoms with van der Waals surface area (Å²) in [5.74, 6) is 3.00. The maximum atomic E-state index is 12.8. The summed E-state index contributed by atoms with van der Waals surface area (Å²) >= 11 is 0. The highest BCUT2D eigenvalue weighted by molar-refractivity contribution is 5.79. The standard InChI is InChI=1S/C21H29N5O/c1-15(2)20-23-9-11-26(20)19-13-22-12-18(24-19)17-8-5-10-25(14-17)21(27)16-6-3-4-7-16/h9,11-13,15-17H,3-8,10,14H2,1-2H3/t17-/m1/s1. The highest BCUT2D eigenvalue weighted by Crippen LogP contribution is 2.31. The van der Waals surface area contributed by atoms with Gasteiger partial charge < -0.3 is 4.90 Å². The molecule has 0 bridgehead atoms. The SMILES string of the molecule is CC(C)c1nccn1-c1cncc([C@@H]2CCCN(C(=O)C3CCCC3)C2)n1. The molecule has 4 rings (SSSR count). The van der Waals surface area contributed by atoms with Crippen molar-refractivity contribution in [1.82, 2.24) is 24.4 Å². The fourth-order valence-corrected chi connectivity index (χ4v) is 4.47. The molecule has 0 unspecified atom stereocenters. The van der Waals surface area contributed by atoms with Crippen molar-refractivity contribution >= 4 is 5.91 Å². The van der Waals surface area contributed by atoms with E-state index in [2.05, 4.69) is 28.7 Å². The molecule has 1 saturated heterocycles. The third-order valence-electron chi connectivity index (χ3n) is 5.93. The highest BCUT2D eigenvalue weighted by Gasteiger charge is 2.31. The summed E-state index contributed by atoms with van der Waals surface area (Å²) in [6.45, 7) is 5.92. The minimum Gasteiger partial charge on any atom is -0.342 e. The topological polar surface area (TPSA) is 63.9 Å². The second kappa shape index (κ2) is 7.79. The Hall–Kier alpha value is -2.24. The maximum Gasteiger partial charge on any atom is 0.225 e. The first-order chi connectivity index (χ1) is 13.1. The Bertz CT molecular complexity index is 793. The number of imidazole rings is 1. The number of hydrogen-bond donors (Lipinski definition) is 0. The minimum absolute atomic E-state index is 0.251. The summed E-state index contributed by atoms with van der Waals surface area (Å²) in [5, 5.41) is 0. The van der Waals surface area contributed by atoms with Gasteiger partial charge in [0, 0.05) is 49.4 Å². The van der Waals surface area contributed by atoms with Crippen LogP contribution in [0, 0.1) is 5.92 Å². The Morgan fingerprint density at radius 3 is 2.74 bits per heavy atom. The lowest BCUT2D eigenvalue weighted by Crippen LogP contribution is -2.42. The van der Waals surface area contributed by atoms with Gasteiger partial charge in [0.05, 0.1) is 11.9 Å². The van der Waals surface area contributed by atoms with Crippen LogP contribution < -0.4 is 0 Å². The number of piperidine rings is 1. The summed E-state index contributed by atoms with van der Waals surface area (Å²) in [4.78, 5) is 28.7. The zero-order valence-electron chi connectivity index (χ0n) is 16.3. The van der Waals surface area contributed by atoms with Crippen LogP contribution in [0.15, 0.2) is 24.8 Å². The molecule has 1 aliphatic heterocycles. The number of carbonyl (C=O) groups is 1. The summed E-state index contributed by atoms with van der Waals surface area (Å²) in [7, 11) is 0. The van der Waals surface area contributed by atoms with Gasteiger partial charge in [-0.25, -0.2) is 9.97 Å². The van der Waals surface area contributed by atoms with Gasteiger partial charge in [-0.2, -0.15) is 0 Å². The second-order valence-electron chi connectivity index (χ2n) is 8.22. The normalized spacial score (nSPS) is 21.1. The van der Waals surface area contributed by atoms with E-state index >= 15 is 0 Å². The van der Waals surface area contributed by atoms with Gasteiger partial charge in [-0.05, 0) is 25.7 Å².